The number of phosphoric ester groups is 2. The van der Waals surface area contributed by atoms with Crippen LogP contribution in [0.4, 0.5) is 0 Å². The van der Waals surface area contributed by atoms with E-state index in [9.17, 15) is 43.2 Å². The van der Waals surface area contributed by atoms with Gasteiger partial charge in [0.25, 0.3) is 0 Å². The van der Waals surface area contributed by atoms with Crippen molar-refractivity contribution in [3.8, 4) is 0 Å². The average Bonchev–Trinajstić information content (AvgIpc) is 2.00. The molecule has 0 saturated carbocycles. The molecule has 0 radical (unpaired) electrons. The molecule has 0 bridgehead atoms. The van der Waals surface area contributed by atoms with Gasteiger partial charge in [-0.25, -0.2) is 9.13 Å². The van der Waals surface area contributed by atoms with Crippen LogP contribution in [0.3, 0.4) is 0 Å². The van der Waals surface area contributed by atoms with Gasteiger partial charge in [-0.1, -0.05) is 319 Å². The molecule has 0 fully saturated rings. The van der Waals surface area contributed by atoms with Crippen molar-refractivity contribution >= 4 is 39.5 Å². The number of ether oxygens (including phenoxy) is 4. The standard InChI is InChI=1S/C74H144O17P2/c1-9-67(8)53-45-37-32-33-39-47-55-72(77)85-61-70(91-73(78)56-48-40-29-23-19-15-13-11-10-12-14-17-21-26-34-42-50-64(2)3)63-89-93(82,83)87-59-68(75)58-86-92(80,81)88-62-69(60-84-71(76)54-46-38-31-25-28-36-44-52-66(6)7)90-74(79)57-49-41-30-24-20-16-18-22-27-35-43-51-65(4)5/h64-70,75H,9-63H2,1-8H3,(H,80,81)(H,82,83)/t67?,68?,69-,70-/m1/s1. The van der Waals surface area contributed by atoms with E-state index in [0.717, 1.165) is 120 Å². The molecule has 4 unspecified atom stereocenters. The topological polar surface area (TPSA) is 237 Å². The van der Waals surface area contributed by atoms with E-state index in [4.69, 9.17) is 37.0 Å². The highest BCUT2D eigenvalue weighted by molar-refractivity contribution is 7.47. The lowest BCUT2D eigenvalue weighted by molar-refractivity contribution is -0.161. The molecule has 19 heteroatoms. The Kier molecular flexibility index (Phi) is 62.2. The van der Waals surface area contributed by atoms with Crippen molar-refractivity contribution < 1.29 is 80.2 Å². The molecule has 0 aliphatic heterocycles. The maximum Gasteiger partial charge on any atom is 0.472 e. The molecule has 0 rings (SSSR count). The SMILES string of the molecule is CCC(C)CCCCCCCCC(=O)OC[C@H](COP(=O)(O)OCC(O)COP(=O)(O)OC[C@@H](COC(=O)CCCCCCCCCC(C)C)OC(=O)CCCCCCCCCCCCCC(C)C)OC(=O)CCCCCCCCCCCCCCCCCCC(C)C. The van der Waals surface area contributed by atoms with Crippen molar-refractivity contribution in [3.63, 3.8) is 0 Å². The highest BCUT2D eigenvalue weighted by Crippen LogP contribution is 2.45. The van der Waals surface area contributed by atoms with Gasteiger partial charge < -0.3 is 33.8 Å². The summed E-state index contributed by atoms with van der Waals surface area (Å²) in [5.41, 5.74) is 0. The third-order valence-electron chi connectivity index (χ3n) is 17.4. The summed E-state index contributed by atoms with van der Waals surface area (Å²) >= 11 is 0. The number of aliphatic hydroxyl groups excluding tert-OH is 1. The van der Waals surface area contributed by atoms with E-state index in [-0.39, 0.29) is 25.7 Å². The van der Waals surface area contributed by atoms with Crippen LogP contribution in [0.2, 0.25) is 0 Å². The number of hydrogen-bond donors (Lipinski definition) is 3. The van der Waals surface area contributed by atoms with Crippen molar-refractivity contribution in [1.29, 1.82) is 0 Å². The predicted molar refractivity (Wildman–Crippen MR) is 377 cm³/mol. The van der Waals surface area contributed by atoms with E-state index in [1.165, 1.54) is 161 Å². The van der Waals surface area contributed by atoms with Gasteiger partial charge in [-0.2, -0.15) is 0 Å². The van der Waals surface area contributed by atoms with E-state index in [1.807, 2.05) is 0 Å². The van der Waals surface area contributed by atoms with E-state index in [0.29, 0.717) is 31.6 Å². The Morgan fingerprint density at radius 2 is 0.516 bits per heavy atom. The first-order valence-corrected chi connectivity index (χ1v) is 41.2. The van der Waals surface area contributed by atoms with Gasteiger partial charge in [0.05, 0.1) is 26.4 Å². The number of carbonyl (C=O) groups is 4. The van der Waals surface area contributed by atoms with Gasteiger partial charge in [0.1, 0.15) is 19.3 Å². The molecule has 0 aromatic rings. The fourth-order valence-corrected chi connectivity index (χ4v) is 12.7. The summed E-state index contributed by atoms with van der Waals surface area (Å²) in [5, 5.41) is 10.6. The molecular weight excluding hydrogens is 1220 g/mol. The third-order valence-corrected chi connectivity index (χ3v) is 19.3. The van der Waals surface area contributed by atoms with Gasteiger partial charge in [-0.15, -0.1) is 0 Å². The van der Waals surface area contributed by atoms with Gasteiger partial charge in [-0.3, -0.25) is 37.3 Å². The second-order valence-corrected chi connectivity index (χ2v) is 31.3. The molecule has 0 saturated heterocycles. The molecule has 17 nitrogen and oxygen atoms in total. The second-order valence-electron chi connectivity index (χ2n) is 28.4. The van der Waals surface area contributed by atoms with Crippen molar-refractivity contribution in [1.82, 2.24) is 0 Å². The molecular formula is C74H144O17P2. The predicted octanol–water partition coefficient (Wildman–Crippen LogP) is 21.3. The number of esters is 4. The van der Waals surface area contributed by atoms with E-state index in [1.54, 1.807) is 0 Å². The molecule has 3 N–H and O–H groups in total. The first-order valence-electron chi connectivity index (χ1n) is 38.2. The number of unbranched alkanes of at least 4 members (excludes halogenated alkanes) is 36. The van der Waals surface area contributed by atoms with Crippen LogP contribution in [0.15, 0.2) is 0 Å². The van der Waals surface area contributed by atoms with Crippen molar-refractivity contribution in [3.05, 3.63) is 0 Å². The van der Waals surface area contributed by atoms with Crippen LogP contribution in [0.5, 0.6) is 0 Å². The quantitative estimate of drug-likeness (QED) is 0.0222. The molecule has 0 amide bonds. The monoisotopic (exact) mass is 1370 g/mol. The zero-order valence-electron chi connectivity index (χ0n) is 60.9. The lowest BCUT2D eigenvalue weighted by Gasteiger charge is -2.21. The second kappa shape index (κ2) is 63.5. The molecule has 93 heavy (non-hydrogen) atoms. The molecule has 0 aromatic carbocycles. The smallest absolute Gasteiger partial charge is 0.462 e. The number of rotatable bonds is 71. The Morgan fingerprint density at radius 3 is 0.763 bits per heavy atom. The molecule has 0 aromatic heterocycles. The maximum absolute atomic E-state index is 13.0. The average molecular weight is 1370 g/mol. The van der Waals surface area contributed by atoms with Crippen molar-refractivity contribution in [2.24, 2.45) is 23.7 Å². The minimum absolute atomic E-state index is 0.105. The summed E-state index contributed by atoms with van der Waals surface area (Å²) in [7, 11) is -9.91. The van der Waals surface area contributed by atoms with Gasteiger partial charge >= 0.3 is 39.5 Å². The molecule has 0 aliphatic rings. The molecule has 0 aliphatic carbocycles. The van der Waals surface area contributed by atoms with Gasteiger partial charge in [0, 0.05) is 25.7 Å². The molecule has 552 valence electrons. The summed E-state index contributed by atoms with van der Waals surface area (Å²) in [4.78, 5) is 72.7. The summed E-state index contributed by atoms with van der Waals surface area (Å²) in [6.45, 7) is 14.1. The lowest BCUT2D eigenvalue weighted by atomic mass is 10.00. The first kappa shape index (κ1) is 91.1. The van der Waals surface area contributed by atoms with Crippen LogP contribution < -0.4 is 0 Å². The maximum atomic E-state index is 13.0. The Labute approximate surface area is 568 Å². The zero-order chi connectivity index (χ0) is 68.9. The van der Waals surface area contributed by atoms with Crippen molar-refractivity contribution in [2.45, 2.75) is 388 Å². The largest absolute Gasteiger partial charge is 0.472 e. The van der Waals surface area contributed by atoms with Gasteiger partial charge in [0.15, 0.2) is 12.2 Å². The van der Waals surface area contributed by atoms with Gasteiger partial charge in [0.2, 0.25) is 0 Å². The van der Waals surface area contributed by atoms with E-state index < -0.39 is 97.5 Å². The Bertz CT molecular complexity index is 1840. The van der Waals surface area contributed by atoms with Crippen LogP contribution in [0, 0.1) is 23.7 Å². The normalized spacial score (nSPS) is 14.5. The van der Waals surface area contributed by atoms with E-state index in [2.05, 4.69) is 55.4 Å². The fourth-order valence-electron chi connectivity index (χ4n) is 11.2. The minimum atomic E-state index is -4.96. The van der Waals surface area contributed by atoms with Crippen molar-refractivity contribution in [2.75, 3.05) is 39.6 Å². The summed E-state index contributed by atoms with van der Waals surface area (Å²) < 4.78 is 68.4. The Balaban J connectivity index is 5.21. The fraction of sp³-hybridized carbons (Fsp3) is 0.946. The molecule has 0 spiro atoms. The Hall–Kier alpha value is -1.94. The van der Waals surface area contributed by atoms with Crippen LogP contribution >= 0.6 is 15.6 Å². The van der Waals surface area contributed by atoms with Crippen LogP contribution in [0.25, 0.3) is 0 Å². The highest BCUT2D eigenvalue weighted by atomic mass is 31.2. The molecule has 0 heterocycles. The highest BCUT2D eigenvalue weighted by Gasteiger charge is 2.30. The zero-order valence-corrected chi connectivity index (χ0v) is 62.7. The number of phosphoric acid groups is 2. The Morgan fingerprint density at radius 1 is 0.301 bits per heavy atom. The first-order chi connectivity index (χ1) is 44.6. The number of aliphatic hydroxyl groups is 1. The van der Waals surface area contributed by atoms with Crippen LogP contribution in [-0.4, -0.2) is 96.7 Å². The van der Waals surface area contributed by atoms with Crippen LogP contribution in [0.1, 0.15) is 370 Å². The number of hydrogen-bond acceptors (Lipinski definition) is 15. The minimum Gasteiger partial charge on any atom is -0.462 e. The summed E-state index contributed by atoms with van der Waals surface area (Å²) in [5.74, 6) is 0.885. The van der Waals surface area contributed by atoms with Crippen LogP contribution in [-0.2, 0) is 65.4 Å². The third kappa shape index (κ3) is 67.0. The van der Waals surface area contributed by atoms with Gasteiger partial charge in [-0.05, 0) is 49.4 Å². The lowest BCUT2D eigenvalue weighted by Crippen LogP contribution is -2.30. The summed E-state index contributed by atoms with van der Waals surface area (Å²) in [6, 6.07) is 0. The van der Waals surface area contributed by atoms with E-state index >= 15 is 0 Å². The number of carbonyl (C=O) groups excluding carboxylic acids is 4. The molecule has 6 atom stereocenters. The summed E-state index contributed by atoms with van der Waals surface area (Å²) in [6.07, 6.45) is 47.3.